The fraction of sp³-hybridized carbons (Fsp3) is 0.462. The maximum atomic E-state index is 13.7. The van der Waals surface area contributed by atoms with Gasteiger partial charge in [-0.15, -0.1) is 0 Å². The zero-order valence-corrected chi connectivity index (χ0v) is 18.7. The Kier molecular flexibility index (Phi) is 6.59. The maximum absolute atomic E-state index is 13.7. The first kappa shape index (κ1) is 21.4. The molecular formula is C26H33N3O2. The average Bonchev–Trinajstić information content (AvgIpc) is 2.80. The van der Waals surface area contributed by atoms with Crippen LogP contribution in [0, 0.1) is 0 Å². The molecule has 1 aliphatic heterocycles. The molecule has 2 fully saturated rings. The van der Waals surface area contributed by atoms with E-state index in [4.69, 9.17) is 0 Å². The summed E-state index contributed by atoms with van der Waals surface area (Å²) in [7, 11) is 4.00. The number of amides is 2. The molecule has 5 heteroatoms. The summed E-state index contributed by atoms with van der Waals surface area (Å²) >= 11 is 0. The van der Waals surface area contributed by atoms with Gasteiger partial charge in [0, 0.05) is 32.4 Å². The van der Waals surface area contributed by atoms with Gasteiger partial charge < -0.3 is 14.7 Å². The van der Waals surface area contributed by atoms with Crippen molar-refractivity contribution in [2.24, 2.45) is 0 Å². The molecule has 0 N–H and O–H groups in total. The average molecular weight is 420 g/mol. The van der Waals surface area contributed by atoms with Crippen LogP contribution in [0.2, 0.25) is 0 Å². The molecule has 4 rings (SSSR count). The predicted molar refractivity (Wildman–Crippen MR) is 124 cm³/mol. The highest BCUT2D eigenvalue weighted by Gasteiger charge is 2.42. The molecule has 1 unspecified atom stereocenters. The SMILES string of the molecule is CN(C)c1ccc(C2C(=O)N(C3CCCCC3)CC(=O)N2CCc2ccccc2)cc1. The zero-order valence-electron chi connectivity index (χ0n) is 18.7. The minimum Gasteiger partial charge on any atom is -0.378 e. The molecule has 0 spiro atoms. The van der Waals surface area contributed by atoms with E-state index in [2.05, 4.69) is 12.1 Å². The Bertz CT molecular complexity index is 889. The second-order valence-electron chi connectivity index (χ2n) is 8.97. The van der Waals surface area contributed by atoms with Crippen molar-refractivity contribution in [2.45, 2.75) is 50.6 Å². The van der Waals surface area contributed by atoms with Crippen LogP contribution < -0.4 is 4.90 Å². The van der Waals surface area contributed by atoms with E-state index in [1.165, 1.54) is 12.0 Å². The van der Waals surface area contributed by atoms with Crippen molar-refractivity contribution in [1.82, 2.24) is 9.80 Å². The van der Waals surface area contributed by atoms with Gasteiger partial charge in [-0.25, -0.2) is 0 Å². The first-order valence-electron chi connectivity index (χ1n) is 11.5. The topological polar surface area (TPSA) is 43.9 Å². The van der Waals surface area contributed by atoms with Crippen molar-refractivity contribution in [3.05, 3.63) is 65.7 Å². The molecule has 2 aliphatic rings. The molecule has 2 aromatic carbocycles. The summed E-state index contributed by atoms with van der Waals surface area (Å²) in [6, 6.07) is 17.9. The first-order valence-corrected chi connectivity index (χ1v) is 11.5. The molecule has 1 heterocycles. The Morgan fingerprint density at radius 3 is 2.23 bits per heavy atom. The van der Waals surface area contributed by atoms with Crippen LogP contribution in [0.3, 0.4) is 0 Å². The fourth-order valence-corrected chi connectivity index (χ4v) is 4.88. The summed E-state index contributed by atoms with van der Waals surface area (Å²) in [5.41, 5.74) is 3.16. The maximum Gasteiger partial charge on any atom is 0.250 e. The summed E-state index contributed by atoms with van der Waals surface area (Å²) in [5, 5.41) is 0. The van der Waals surface area contributed by atoms with E-state index >= 15 is 0 Å². The van der Waals surface area contributed by atoms with Gasteiger partial charge in [0.2, 0.25) is 5.91 Å². The van der Waals surface area contributed by atoms with Crippen molar-refractivity contribution in [3.63, 3.8) is 0 Å². The van der Waals surface area contributed by atoms with E-state index in [-0.39, 0.29) is 24.4 Å². The van der Waals surface area contributed by atoms with Crippen LogP contribution >= 0.6 is 0 Å². The molecule has 0 aromatic heterocycles. The molecular weight excluding hydrogens is 386 g/mol. The minimum absolute atomic E-state index is 0.0581. The van der Waals surface area contributed by atoms with E-state index in [1.807, 2.05) is 66.4 Å². The van der Waals surface area contributed by atoms with Crippen LogP contribution in [0.4, 0.5) is 5.69 Å². The van der Waals surface area contributed by atoms with Crippen LogP contribution in [-0.4, -0.2) is 54.8 Å². The number of anilines is 1. The van der Waals surface area contributed by atoms with Crippen LogP contribution in [0.15, 0.2) is 54.6 Å². The van der Waals surface area contributed by atoms with Crippen LogP contribution in [0.25, 0.3) is 0 Å². The minimum atomic E-state index is -0.539. The Labute approximate surface area is 185 Å². The first-order chi connectivity index (χ1) is 15.0. The molecule has 2 aromatic rings. The molecule has 0 bridgehead atoms. The molecule has 1 saturated heterocycles. The number of nitrogens with zero attached hydrogens (tertiary/aromatic N) is 3. The van der Waals surface area contributed by atoms with E-state index in [1.54, 1.807) is 4.90 Å². The molecule has 164 valence electrons. The second-order valence-corrected chi connectivity index (χ2v) is 8.97. The molecule has 5 nitrogen and oxygen atoms in total. The van der Waals surface area contributed by atoms with E-state index in [9.17, 15) is 9.59 Å². The lowest BCUT2D eigenvalue weighted by atomic mass is 9.91. The van der Waals surface area contributed by atoms with Crippen LogP contribution in [0.5, 0.6) is 0 Å². The summed E-state index contributed by atoms with van der Waals surface area (Å²) in [6.45, 7) is 0.762. The summed E-state index contributed by atoms with van der Waals surface area (Å²) in [6.07, 6.45) is 6.27. The highest BCUT2D eigenvalue weighted by atomic mass is 16.2. The highest BCUT2D eigenvalue weighted by Crippen LogP contribution is 2.33. The van der Waals surface area contributed by atoms with Crippen LogP contribution in [0.1, 0.15) is 49.3 Å². The highest BCUT2D eigenvalue weighted by molar-refractivity contribution is 5.96. The van der Waals surface area contributed by atoms with Gasteiger partial charge in [-0.05, 0) is 42.5 Å². The smallest absolute Gasteiger partial charge is 0.250 e. The van der Waals surface area contributed by atoms with Gasteiger partial charge in [0.05, 0.1) is 0 Å². The predicted octanol–water partition coefficient (Wildman–Crippen LogP) is 4.04. The third kappa shape index (κ3) is 4.76. The lowest BCUT2D eigenvalue weighted by molar-refractivity contribution is -0.159. The van der Waals surface area contributed by atoms with Gasteiger partial charge in [-0.3, -0.25) is 9.59 Å². The van der Waals surface area contributed by atoms with Crippen molar-refractivity contribution in [2.75, 3.05) is 32.1 Å². The number of benzene rings is 2. The quantitative estimate of drug-likeness (QED) is 0.710. The van der Waals surface area contributed by atoms with E-state index in [0.717, 1.165) is 43.4 Å². The molecule has 0 radical (unpaired) electrons. The third-order valence-electron chi connectivity index (χ3n) is 6.68. The van der Waals surface area contributed by atoms with E-state index < -0.39 is 6.04 Å². The number of carbonyl (C=O) groups excluding carboxylic acids is 2. The summed E-state index contributed by atoms with van der Waals surface area (Å²) in [4.78, 5) is 32.8. The van der Waals surface area contributed by atoms with Crippen molar-refractivity contribution in [3.8, 4) is 0 Å². The van der Waals surface area contributed by atoms with Crippen LogP contribution in [-0.2, 0) is 16.0 Å². The van der Waals surface area contributed by atoms with Crippen molar-refractivity contribution >= 4 is 17.5 Å². The lowest BCUT2D eigenvalue weighted by Crippen LogP contribution is -2.58. The Morgan fingerprint density at radius 1 is 0.903 bits per heavy atom. The van der Waals surface area contributed by atoms with Gasteiger partial charge in [0.25, 0.3) is 5.91 Å². The van der Waals surface area contributed by atoms with Gasteiger partial charge >= 0.3 is 0 Å². The number of carbonyl (C=O) groups is 2. The number of hydrogen-bond donors (Lipinski definition) is 0. The number of piperazine rings is 1. The fourth-order valence-electron chi connectivity index (χ4n) is 4.88. The Balaban J connectivity index is 1.61. The van der Waals surface area contributed by atoms with Gasteiger partial charge in [-0.1, -0.05) is 61.7 Å². The molecule has 1 atom stereocenters. The Hall–Kier alpha value is -2.82. The zero-order chi connectivity index (χ0) is 21.8. The molecule has 1 aliphatic carbocycles. The monoisotopic (exact) mass is 419 g/mol. The summed E-state index contributed by atoms with van der Waals surface area (Å²) < 4.78 is 0. The lowest BCUT2D eigenvalue weighted by Gasteiger charge is -2.44. The van der Waals surface area contributed by atoms with Gasteiger partial charge in [0.15, 0.2) is 0 Å². The molecule has 31 heavy (non-hydrogen) atoms. The normalized spacial score (nSPS) is 20.3. The largest absolute Gasteiger partial charge is 0.378 e. The van der Waals surface area contributed by atoms with Gasteiger partial charge in [0.1, 0.15) is 12.6 Å². The second kappa shape index (κ2) is 9.54. The van der Waals surface area contributed by atoms with E-state index in [0.29, 0.717) is 6.54 Å². The molecule has 2 amide bonds. The number of rotatable bonds is 6. The van der Waals surface area contributed by atoms with Gasteiger partial charge in [-0.2, -0.15) is 0 Å². The summed E-state index contributed by atoms with van der Waals surface area (Å²) in [5.74, 6) is 0.139. The molecule has 1 saturated carbocycles. The number of hydrogen-bond acceptors (Lipinski definition) is 3. The van der Waals surface area contributed by atoms with Crippen molar-refractivity contribution < 1.29 is 9.59 Å². The standard InChI is InChI=1S/C26H33N3O2/c1-27(2)22-15-13-21(14-16-22)25-26(31)29(23-11-7-4-8-12-23)19-24(30)28(25)18-17-20-9-5-3-6-10-20/h3,5-6,9-10,13-16,23,25H,4,7-8,11-12,17-19H2,1-2H3. The van der Waals surface area contributed by atoms with Crippen molar-refractivity contribution in [1.29, 1.82) is 0 Å². The third-order valence-corrected chi connectivity index (χ3v) is 6.68. The Morgan fingerprint density at radius 2 is 1.58 bits per heavy atom.